The highest BCUT2D eigenvalue weighted by molar-refractivity contribution is 4.89. The van der Waals surface area contributed by atoms with Crippen LogP contribution in [0.4, 0.5) is 0 Å². The van der Waals surface area contributed by atoms with Crippen LogP contribution in [-0.2, 0) is 0 Å². The smallest absolute Gasteiger partial charge is 0.0172 e. The van der Waals surface area contributed by atoms with Crippen molar-refractivity contribution in [2.45, 2.75) is 58.3 Å². The molecule has 0 amide bonds. The Labute approximate surface area is 89.0 Å². The van der Waals surface area contributed by atoms with E-state index >= 15 is 0 Å². The average Bonchev–Trinajstić information content (AvgIpc) is 2.15. The standard InChI is InChI=1S/C13H25N/c1-3-12(2)14-11-13-9-7-5-4-6-8-10-13/h13-14H,2-11H2,1H3. The third kappa shape index (κ3) is 4.69. The van der Waals surface area contributed by atoms with E-state index in [1.165, 1.54) is 50.6 Å². The van der Waals surface area contributed by atoms with E-state index < -0.39 is 0 Å². The molecule has 0 atom stereocenters. The molecule has 0 unspecified atom stereocenters. The third-order valence-corrected chi connectivity index (χ3v) is 3.29. The highest BCUT2D eigenvalue weighted by atomic mass is 14.9. The van der Waals surface area contributed by atoms with Crippen LogP contribution in [0.1, 0.15) is 58.3 Å². The van der Waals surface area contributed by atoms with E-state index in [0.717, 1.165) is 18.9 Å². The summed E-state index contributed by atoms with van der Waals surface area (Å²) in [5.74, 6) is 0.901. The van der Waals surface area contributed by atoms with Crippen molar-refractivity contribution in [1.82, 2.24) is 5.32 Å². The van der Waals surface area contributed by atoms with Crippen LogP contribution in [0.25, 0.3) is 0 Å². The molecular weight excluding hydrogens is 170 g/mol. The molecule has 0 aliphatic heterocycles. The van der Waals surface area contributed by atoms with Crippen molar-refractivity contribution in [3.8, 4) is 0 Å². The quantitative estimate of drug-likeness (QED) is 0.718. The van der Waals surface area contributed by atoms with E-state index in [2.05, 4.69) is 18.8 Å². The average molecular weight is 195 g/mol. The van der Waals surface area contributed by atoms with Gasteiger partial charge in [-0.25, -0.2) is 0 Å². The zero-order chi connectivity index (χ0) is 10.2. The molecule has 82 valence electrons. The first-order chi connectivity index (χ1) is 6.83. The molecule has 1 nitrogen and oxygen atoms in total. The number of hydrogen-bond donors (Lipinski definition) is 1. The van der Waals surface area contributed by atoms with Crippen LogP contribution in [0.2, 0.25) is 0 Å². The minimum atomic E-state index is 0.901. The van der Waals surface area contributed by atoms with Crippen molar-refractivity contribution >= 4 is 0 Å². The first-order valence-corrected chi connectivity index (χ1v) is 6.24. The topological polar surface area (TPSA) is 12.0 Å². The lowest BCUT2D eigenvalue weighted by Crippen LogP contribution is -2.22. The molecule has 1 heteroatoms. The fourth-order valence-corrected chi connectivity index (χ4v) is 2.16. The largest absolute Gasteiger partial charge is 0.389 e. The van der Waals surface area contributed by atoms with Gasteiger partial charge >= 0.3 is 0 Å². The summed E-state index contributed by atoms with van der Waals surface area (Å²) in [4.78, 5) is 0. The lowest BCUT2D eigenvalue weighted by Gasteiger charge is -2.20. The second-order valence-corrected chi connectivity index (χ2v) is 4.55. The van der Waals surface area contributed by atoms with Crippen LogP contribution >= 0.6 is 0 Å². The highest BCUT2D eigenvalue weighted by Gasteiger charge is 2.10. The summed E-state index contributed by atoms with van der Waals surface area (Å²) in [6.45, 7) is 7.31. The van der Waals surface area contributed by atoms with E-state index in [1.807, 2.05) is 0 Å². The molecule has 1 rings (SSSR count). The Hall–Kier alpha value is -0.460. The SMILES string of the molecule is C=C(CC)NCC1CCCCCCC1. The maximum Gasteiger partial charge on any atom is 0.0172 e. The second-order valence-electron chi connectivity index (χ2n) is 4.55. The van der Waals surface area contributed by atoms with Gasteiger partial charge < -0.3 is 5.32 Å². The summed E-state index contributed by atoms with van der Waals surface area (Å²) in [5, 5.41) is 3.46. The Kier molecular flexibility index (Phi) is 5.74. The van der Waals surface area contributed by atoms with Crippen LogP contribution in [0, 0.1) is 5.92 Å². The van der Waals surface area contributed by atoms with Crippen molar-refractivity contribution in [3.05, 3.63) is 12.3 Å². The normalized spacial score (nSPS) is 19.8. The third-order valence-electron chi connectivity index (χ3n) is 3.29. The highest BCUT2D eigenvalue weighted by Crippen LogP contribution is 2.21. The van der Waals surface area contributed by atoms with Gasteiger partial charge in [0.15, 0.2) is 0 Å². The van der Waals surface area contributed by atoms with Gasteiger partial charge in [0.25, 0.3) is 0 Å². The van der Waals surface area contributed by atoms with Crippen molar-refractivity contribution in [2.24, 2.45) is 5.92 Å². The summed E-state index contributed by atoms with van der Waals surface area (Å²) >= 11 is 0. The van der Waals surface area contributed by atoms with Gasteiger partial charge in [0.1, 0.15) is 0 Å². The van der Waals surface area contributed by atoms with E-state index in [1.54, 1.807) is 0 Å². The van der Waals surface area contributed by atoms with Gasteiger partial charge in [-0.1, -0.05) is 45.6 Å². The summed E-state index contributed by atoms with van der Waals surface area (Å²) in [5.41, 5.74) is 1.20. The van der Waals surface area contributed by atoms with Crippen LogP contribution in [0.15, 0.2) is 12.3 Å². The molecule has 0 aromatic carbocycles. The number of hydrogen-bond acceptors (Lipinski definition) is 1. The molecule has 0 saturated heterocycles. The van der Waals surface area contributed by atoms with Gasteiger partial charge in [0.05, 0.1) is 0 Å². The summed E-state index contributed by atoms with van der Waals surface area (Å²) in [7, 11) is 0. The van der Waals surface area contributed by atoms with Gasteiger partial charge in [-0.15, -0.1) is 0 Å². The Morgan fingerprint density at radius 2 is 1.71 bits per heavy atom. The van der Waals surface area contributed by atoms with Gasteiger partial charge in [-0.3, -0.25) is 0 Å². The first-order valence-electron chi connectivity index (χ1n) is 6.24. The van der Waals surface area contributed by atoms with Crippen molar-refractivity contribution in [2.75, 3.05) is 6.54 Å². The zero-order valence-electron chi connectivity index (χ0n) is 9.65. The molecule has 1 N–H and O–H groups in total. The van der Waals surface area contributed by atoms with Crippen LogP contribution in [0.3, 0.4) is 0 Å². The molecule has 14 heavy (non-hydrogen) atoms. The molecule has 0 spiro atoms. The molecular formula is C13H25N. The van der Waals surface area contributed by atoms with Gasteiger partial charge in [0.2, 0.25) is 0 Å². The van der Waals surface area contributed by atoms with Gasteiger partial charge in [-0.05, 0) is 25.2 Å². The van der Waals surface area contributed by atoms with Crippen LogP contribution in [-0.4, -0.2) is 6.54 Å². The van der Waals surface area contributed by atoms with Crippen molar-refractivity contribution in [3.63, 3.8) is 0 Å². The molecule has 1 fully saturated rings. The molecule has 1 aliphatic rings. The number of nitrogens with one attached hydrogen (secondary N) is 1. The molecule has 0 aromatic rings. The Morgan fingerprint density at radius 1 is 1.14 bits per heavy atom. The summed E-state index contributed by atoms with van der Waals surface area (Å²) in [6.07, 6.45) is 11.1. The molecule has 0 bridgehead atoms. The maximum absolute atomic E-state index is 3.99. The predicted molar refractivity (Wildman–Crippen MR) is 63.2 cm³/mol. The Bertz CT molecular complexity index is 155. The van der Waals surface area contributed by atoms with E-state index in [0.29, 0.717) is 0 Å². The molecule has 1 aliphatic carbocycles. The van der Waals surface area contributed by atoms with Gasteiger partial charge in [0, 0.05) is 12.2 Å². The van der Waals surface area contributed by atoms with Crippen LogP contribution in [0.5, 0.6) is 0 Å². The van der Waals surface area contributed by atoms with E-state index in [-0.39, 0.29) is 0 Å². The zero-order valence-corrected chi connectivity index (χ0v) is 9.65. The molecule has 0 radical (unpaired) electrons. The minimum Gasteiger partial charge on any atom is -0.389 e. The summed E-state index contributed by atoms with van der Waals surface area (Å²) < 4.78 is 0. The summed E-state index contributed by atoms with van der Waals surface area (Å²) in [6, 6.07) is 0. The lowest BCUT2D eigenvalue weighted by atomic mass is 9.91. The van der Waals surface area contributed by atoms with E-state index in [4.69, 9.17) is 0 Å². The first kappa shape index (κ1) is 11.6. The predicted octanol–water partition coefficient (Wildman–Crippen LogP) is 3.86. The molecule has 0 aromatic heterocycles. The van der Waals surface area contributed by atoms with E-state index in [9.17, 15) is 0 Å². The molecule has 1 saturated carbocycles. The Balaban J connectivity index is 2.16. The number of allylic oxidation sites excluding steroid dienone is 1. The molecule has 0 heterocycles. The minimum absolute atomic E-state index is 0.901. The Morgan fingerprint density at radius 3 is 2.29 bits per heavy atom. The maximum atomic E-state index is 3.99. The van der Waals surface area contributed by atoms with Crippen molar-refractivity contribution < 1.29 is 0 Å². The lowest BCUT2D eigenvalue weighted by molar-refractivity contribution is 0.369. The monoisotopic (exact) mass is 195 g/mol. The van der Waals surface area contributed by atoms with Crippen molar-refractivity contribution in [1.29, 1.82) is 0 Å². The number of rotatable bonds is 4. The fourth-order valence-electron chi connectivity index (χ4n) is 2.16. The fraction of sp³-hybridized carbons (Fsp3) is 0.846. The second kappa shape index (κ2) is 6.92. The van der Waals surface area contributed by atoms with Crippen LogP contribution < -0.4 is 5.32 Å². The van der Waals surface area contributed by atoms with Gasteiger partial charge in [-0.2, -0.15) is 0 Å².